The lowest BCUT2D eigenvalue weighted by Gasteiger charge is -2.43. The molecule has 0 heterocycles. The quantitative estimate of drug-likeness (QED) is 0.691. The predicted molar refractivity (Wildman–Crippen MR) is 70.4 cm³/mol. The molecule has 16 heavy (non-hydrogen) atoms. The van der Waals surface area contributed by atoms with Crippen LogP contribution in [-0.4, -0.2) is 6.29 Å². The van der Waals surface area contributed by atoms with Gasteiger partial charge in [-0.25, -0.2) is 0 Å². The highest BCUT2D eigenvalue weighted by molar-refractivity contribution is 9.11. The van der Waals surface area contributed by atoms with Crippen LogP contribution in [0.1, 0.15) is 46.0 Å². The fourth-order valence-electron chi connectivity index (χ4n) is 4.17. The molecule has 0 aromatic rings. The monoisotopic (exact) mass is 284 g/mol. The number of allylic oxidation sites excluding steroid dienone is 1. The number of halogens is 1. The van der Waals surface area contributed by atoms with Crippen LogP contribution in [-0.2, 0) is 4.79 Å². The fourth-order valence-corrected chi connectivity index (χ4v) is 4.72. The lowest BCUT2D eigenvalue weighted by Crippen LogP contribution is -2.36. The number of fused-ring (bicyclic) bond motifs is 1. The normalized spacial score (nSPS) is 43.1. The maximum Gasteiger partial charge on any atom is 0.123 e. The van der Waals surface area contributed by atoms with Crippen molar-refractivity contribution < 1.29 is 4.79 Å². The van der Waals surface area contributed by atoms with Crippen LogP contribution in [0.25, 0.3) is 0 Å². The van der Waals surface area contributed by atoms with Crippen molar-refractivity contribution in [1.29, 1.82) is 0 Å². The van der Waals surface area contributed by atoms with Crippen molar-refractivity contribution in [1.82, 2.24) is 0 Å². The highest BCUT2D eigenvalue weighted by Crippen LogP contribution is 2.59. The predicted octanol–water partition coefficient (Wildman–Crippen LogP) is 4.32. The second-order valence-corrected chi connectivity index (χ2v) is 6.23. The van der Waals surface area contributed by atoms with Gasteiger partial charge < -0.3 is 4.79 Å². The van der Waals surface area contributed by atoms with Crippen molar-refractivity contribution in [2.45, 2.75) is 46.0 Å². The Morgan fingerprint density at radius 3 is 2.88 bits per heavy atom. The number of carbonyl (C=O) groups is 1. The summed E-state index contributed by atoms with van der Waals surface area (Å²) in [7, 11) is 0. The van der Waals surface area contributed by atoms with Crippen LogP contribution < -0.4 is 0 Å². The van der Waals surface area contributed by atoms with E-state index in [-0.39, 0.29) is 5.92 Å². The van der Waals surface area contributed by atoms with Crippen LogP contribution in [0.15, 0.2) is 10.6 Å². The Balaban J connectivity index is 2.27. The summed E-state index contributed by atoms with van der Waals surface area (Å²) in [6, 6.07) is 0. The lowest BCUT2D eigenvalue weighted by atomic mass is 9.61. The Morgan fingerprint density at radius 2 is 2.25 bits per heavy atom. The molecule has 0 aromatic carbocycles. The summed E-state index contributed by atoms with van der Waals surface area (Å²) in [6.45, 7) is 4.50. The molecule has 90 valence electrons. The van der Waals surface area contributed by atoms with E-state index in [0.717, 1.165) is 6.29 Å². The van der Waals surface area contributed by atoms with Gasteiger partial charge in [-0.3, -0.25) is 0 Å². The molecule has 0 saturated heterocycles. The minimum atomic E-state index is 0.227. The second kappa shape index (κ2) is 4.64. The van der Waals surface area contributed by atoms with E-state index in [0.29, 0.717) is 17.3 Å². The second-order valence-electron chi connectivity index (χ2n) is 5.78. The maximum atomic E-state index is 11.0. The van der Waals surface area contributed by atoms with Crippen molar-refractivity contribution in [3.63, 3.8) is 0 Å². The summed E-state index contributed by atoms with van der Waals surface area (Å²) in [4.78, 5) is 13.2. The molecule has 0 radical (unpaired) electrons. The maximum absolute atomic E-state index is 11.0. The minimum Gasteiger partial charge on any atom is -0.303 e. The molecule has 0 unspecified atom stereocenters. The number of carbonyl (C=O) groups excluding carboxylic acids is 1. The van der Waals surface area contributed by atoms with Crippen LogP contribution in [0.2, 0.25) is 0 Å². The van der Waals surface area contributed by atoms with Gasteiger partial charge in [0, 0.05) is 5.92 Å². The van der Waals surface area contributed by atoms with Crippen molar-refractivity contribution in [2.75, 3.05) is 0 Å². The first-order valence-corrected chi connectivity index (χ1v) is 7.29. The summed E-state index contributed by atoms with van der Waals surface area (Å²) >= 11 is 3.51. The fraction of sp³-hybridized carbons (Fsp3) is 0.786. The molecular weight excluding hydrogens is 264 g/mol. The average Bonchev–Trinajstić information content (AvgIpc) is 2.64. The Hall–Kier alpha value is -0.110. The van der Waals surface area contributed by atoms with Crippen molar-refractivity contribution in [2.24, 2.45) is 23.2 Å². The summed E-state index contributed by atoms with van der Waals surface area (Å²) < 4.78 is 0. The van der Waals surface area contributed by atoms with E-state index in [4.69, 9.17) is 0 Å². The molecule has 0 bridgehead atoms. The molecular formula is C14H21BrO. The highest BCUT2D eigenvalue weighted by Gasteiger charge is 2.50. The zero-order chi connectivity index (χ0) is 11.8. The summed E-state index contributed by atoms with van der Waals surface area (Å²) in [5, 5.41) is 0. The molecule has 0 N–H and O–H groups in total. The standard InChI is InChI=1S/C14H21BrO/c1-10(9-16)12-5-6-13-11(8-15)4-3-7-14(12,13)2/h8-10,12-13H,3-7H2,1-2H3/t10-,12-,13+,14-/m1/s1. The Kier molecular flexibility index (Phi) is 3.58. The van der Waals surface area contributed by atoms with Crippen LogP contribution in [0, 0.1) is 23.2 Å². The third-order valence-electron chi connectivity index (χ3n) is 5.03. The molecule has 0 amide bonds. The number of hydrogen-bond donors (Lipinski definition) is 0. The van der Waals surface area contributed by atoms with Crippen molar-refractivity contribution >= 4 is 22.2 Å². The van der Waals surface area contributed by atoms with Gasteiger partial charge in [-0.1, -0.05) is 35.4 Å². The van der Waals surface area contributed by atoms with Crippen LogP contribution in [0.3, 0.4) is 0 Å². The summed E-state index contributed by atoms with van der Waals surface area (Å²) in [5.74, 6) is 1.54. The number of hydrogen-bond acceptors (Lipinski definition) is 1. The zero-order valence-electron chi connectivity index (χ0n) is 10.2. The van der Waals surface area contributed by atoms with Gasteiger partial charge in [0.05, 0.1) is 0 Å². The van der Waals surface area contributed by atoms with Crippen molar-refractivity contribution in [3.05, 3.63) is 10.6 Å². The van der Waals surface area contributed by atoms with E-state index < -0.39 is 0 Å². The lowest BCUT2D eigenvalue weighted by molar-refractivity contribution is -0.113. The molecule has 4 atom stereocenters. The summed E-state index contributed by atoms with van der Waals surface area (Å²) in [6.07, 6.45) is 7.48. The van der Waals surface area contributed by atoms with Gasteiger partial charge in [-0.2, -0.15) is 0 Å². The Morgan fingerprint density at radius 1 is 1.50 bits per heavy atom. The molecule has 2 rings (SSSR count). The Bertz CT molecular complexity index is 310. The SMILES string of the molecule is C[C@H](C=O)[C@H]1CC[C@H]2C(=CBr)CCC[C@]12C. The largest absolute Gasteiger partial charge is 0.303 e. The van der Waals surface area contributed by atoms with Gasteiger partial charge in [-0.15, -0.1) is 0 Å². The average molecular weight is 285 g/mol. The van der Waals surface area contributed by atoms with E-state index in [1.54, 1.807) is 5.57 Å². The first kappa shape index (κ1) is 12.3. The van der Waals surface area contributed by atoms with E-state index >= 15 is 0 Å². The van der Waals surface area contributed by atoms with E-state index in [1.165, 1.54) is 32.1 Å². The van der Waals surface area contributed by atoms with Crippen LogP contribution in [0.5, 0.6) is 0 Å². The van der Waals surface area contributed by atoms with E-state index in [2.05, 4.69) is 34.8 Å². The first-order valence-electron chi connectivity index (χ1n) is 6.38. The Labute approximate surface area is 107 Å². The topological polar surface area (TPSA) is 17.1 Å². The van der Waals surface area contributed by atoms with Gasteiger partial charge in [0.2, 0.25) is 0 Å². The third kappa shape index (κ3) is 1.79. The molecule has 2 heteroatoms. The van der Waals surface area contributed by atoms with E-state index in [1.807, 2.05) is 0 Å². The number of rotatable bonds is 2. The van der Waals surface area contributed by atoms with E-state index in [9.17, 15) is 4.79 Å². The molecule has 2 aliphatic carbocycles. The number of aldehydes is 1. The van der Waals surface area contributed by atoms with Gasteiger partial charge in [0.25, 0.3) is 0 Å². The summed E-state index contributed by atoms with van der Waals surface area (Å²) in [5.41, 5.74) is 1.95. The van der Waals surface area contributed by atoms with Gasteiger partial charge >= 0.3 is 0 Å². The minimum absolute atomic E-state index is 0.227. The molecule has 0 aliphatic heterocycles. The van der Waals surface area contributed by atoms with Crippen molar-refractivity contribution in [3.8, 4) is 0 Å². The van der Waals surface area contributed by atoms with Gasteiger partial charge in [-0.05, 0) is 54.3 Å². The first-order chi connectivity index (χ1) is 7.63. The molecule has 0 aromatic heterocycles. The zero-order valence-corrected chi connectivity index (χ0v) is 11.8. The highest BCUT2D eigenvalue weighted by atomic mass is 79.9. The molecule has 0 spiro atoms. The van der Waals surface area contributed by atoms with Crippen LogP contribution >= 0.6 is 15.9 Å². The molecule has 2 saturated carbocycles. The van der Waals surface area contributed by atoms with Gasteiger partial charge in [0.1, 0.15) is 6.29 Å². The molecule has 2 fully saturated rings. The van der Waals surface area contributed by atoms with Gasteiger partial charge in [0.15, 0.2) is 0 Å². The smallest absolute Gasteiger partial charge is 0.123 e. The molecule has 1 nitrogen and oxygen atoms in total. The van der Waals surface area contributed by atoms with Crippen LogP contribution in [0.4, 0.5) is 0 Å². The third-order valence-corrected chi connectivity index (χ3v) is 5.62. The molecule has 2 aliphatic rings.